The molecule has 1 heterocycles. The highest BCUT2D eigenvalue weighted by Gasteiger charge is 2.27. The van der Waals surface area contributed by atoms with Gasteiger partial charge < -0.3 is 0 Å². The van der Waals surface area contributed by atoms with Crippen molar-refractivity contribution in [1.82, 2.24) is 9.19 Å². The van der Waals surface area contributed by atoms with Gasteiger partial charge >= 0.3 is 0 Å². The lowest BCUT2D eigenvalue weighted by molar-refractivity contribution is 0.576. The summed E-state index contributed by atoms with van der Waals surface area (Å²) in [7, 11) is -3.20. The van der Waals surface area contributed by atoms with E-state index in [-0.39, 0.29) is 5.75 Å². The normalized spacial score (nSPS) is 16.9. The van der Waals surface area contributed by atoms with Gasteiger partial charge in [0.25, 0.3) is 10.0 Å². The number of rotatable bonds is 5. The molecule has 2 rings (SSSR count). The van der Waals surface area contributed by atoms with E-state index in [4.69, 9.17) is 0 Å². The average molecular weight is 228 g/mol. The Balaban J connectivity index is 2.13. The zero-order chi connectivity index (χ0) is 10.9. The predicted molar refractivity (Wildman–Crippen MR) is 58.3 cm³/mol. The lowest BCUT2D eigenvalue weighted by Crippen LogP contribution is -2.17. The Labute approximate surface area is 90.3 Å². The van der Waals surface area contributed by atoms with Crippen LogP contribution in [-0.4, -0.2) is 23.4 Å². The second kappa shape index (κ2) is 3.96. The summed E-state index contributed by atoms with van der Waals surface area (Å²) in [6, 6.07) is 1.82. The fourth-order valence-electron chi connectivity index (χ4n) is 1.49. The molecule has 0 radical (unpaired) electrons. The van der Waals surface area contributed by atoms with Gasteiger partial charge in [0, 0.05) is 12.1 Å². The first-order valence-electron chi connectivity index (χ1n) is 5.42. The van der Waals surface area contributed by atoms with Crippen molar-refractivity contribution < 1.29 is 8.42 Å². The number of unbranched alkanes of at least 4 members (excludes halogenated alkanes) is 1. The molecule has 0 N–H and O–H groups in total. The summed E-state index contributed by atoms with van der Waals surface area (Å²) in [5, 5.41) is 4.13. The van der Waals surface area contributed by atoms with Crippen molar-refractivity contribution in [3.05, 3.63) is 18.0 Å². The van der Waals surface area contributed by atoms with Gasteiger partial charge in [0.2, 0.25) is 0 Å². The standard InChI is InChI=1S/C10H16N2O2S/c1-2-3-8-15(13,14)12-7-6-10(11-12)9-4-5-9/h6-7,9H,2-5,8H2,1H3. The molecule has 0 saturated heterocycles. The summed E-state index contributed by atoms with van der Waals surface area (Å²) in [6.45, 7) is 1.98. The molecule has 0 aliphatic heterocycles. The molecule has 1 fully saturated rings. The highest BCUT2D eigenvalue weighted by molar-refractivity contribution is 7.89. The smallest absolute Gasteiger partial charge is 0.205 e. The Hall–Kier alpha value is -0.840. The van der Waals surface area contributed by atoms with Gasteiger partial charge in [-0.05, 0) is 25.3 Å². The van der Waals surface area contributed by atoms with Gasteiger partial charge in [-0.1, -0.05) is 13.3 Å². The van der Waals surface area contributed by atoms with E-state index in [0.717, 1.165) is 29.0 Å². The molecule has 15 heavy (non-hydrogen) atoms. The minimum atomic E-state index is -3.20. The summed E-state index contributed by atoms with van der Waals surface area (Å²) >= 11 is 0. The van der Waals surface area contributed by atoms with Crippen LogP contribution in [-0.2, 0) is 10.0 Å². The first kappa shape index (κ1) is 10.7. The first-order chi connectivity index (χ1) is 7.13. The van der Waals surface area contributed by atoms with E-state index in [1.807, 2.05) is 13.0 Å². The number of nitrogens with zero attached hydrogens (tertiary/aromatic N) is 2. The first-order valence-corrected chi connectivity index (χ1v) is 7.03. The molecule has 0 spiro atoms. The van der Waals surface area contributed by atoms with E-state index < -0.39 is 10.0 Å². The van der Waals surface area contributed by atoms with Crippen LogP contribution in [0.2, 0.25) is 0 Å². The van der Waals surface area contributed by atoms with Crippen molar-refractivity contribution in [2.45, 2.75) is 38.5 Å². The van der Waals surface area contributed by atoms with Crippen molar-refractivity contribution in [1.29, 1.82) is 0 Å². The molecule has 0 atom stereocenters. The van der Waals surface area contributed by atoms with E-state index in [2.05, 4.69) is 5.10 Å². The quantitative estimate of drug-likeness (QED) is 0.771. The Bertz CT molecular complexity index is 432. The minimum Gasteiger partial charge on any atom is -0.205 e. The molecule has 1 aromatic rings. The van der Waals surface area contributed by atoms with Crippen LogP contribution in [0.25, 0.3) is 0 Å². The largest absolute Gasteiger partial charge is 0.253 e. The van der Waals surface area contributed by atoms with Crippen LogP contribution in [0.1, 0.15) is 44.2 Å². The Kier molecular flexibility index (Phi) is 2.82. The number of aromatic nitrogens is 2. The fraction of sp³-hybridized carbons (Fsp3) is 0.700. The van der Waals surface area contributed by atoms with Crippen LogP contribution in [0.4, 0.5) is 0 Å². The summed E-state index contributed by atoms with van der Waals surface area (Å²) < 4.78 is 24.6. The maximum absolute atomic E-state index is 11.7. The maximum Gasteiger partial charge on any atom is 0.253 e. The lowest BCUT2D eigenvalue weighted by atomic mass is 10.3. The van der Waals surface area contributed by atoms with Crippen molar-refractivity contribution in [2.75, 3.05) is 5.75 Å². The third-order valence-corrected chi connectivity index (χ3v) is 4.20. The SMILES string of the molecule is CCCCS(=O)(=O)n1ccc(C2CC2)n1. The molecule has 4 nitrogen and oxygen atoms in total. The topological polar surface area (TPSA) is 52.0 Å². The zero-order valence-corrected chi connectivity index (χ0v) is 9.70. The maximum atomic E-state index is 11.7. The van der Waals surface area contributed by atoms with E-state index in [0.29, 0.717) is 12.3 Å². The molecular weight excluding hydrogens is 212 g/mol. The van der Waals surface area contributed by atoms with Crippen LogP contribution in [0, 0.1) is 0 Å². The summed E-state index contributed by atoms with van der Waals surface area (Å²) in [4.78, 5) is 0. The van der Waals surface area contributed by atoms with Gasteiger partial charge in [-0.3, -0.25) is 0 Å². The minimum absolute atomic E-state index is 0.190. The Morgan fingerprint density at radius 3 is 2.87 bits per heavy atom. The molecular formula is C10H16N2O2S. The highest BCUT2D eigenvalue weighted by Crippen LogP contribution is 2.38. The summed E-state index contributed by atoms with van der Waals surface area (Å²) in [6.07, 6.45) is 5.44. The van der Waals surface area contributed by atoms with Gasteiger partial charge in [0.1, 0.15) is 0 Å². The van der Waals surface area contributed by atoms with Gasteiger partial charge in [0.05, 0.1) is 11.4 Å². The fourth-order valence-corrected chi connectivity index (χ4v) is 2.80. The molecule has 1 aliphatic rings. The van der Waals surface area contributed by atoms with Crippen molar-refractivity contribution in [2.24, 2.45) is 0 Å². The third kappa shape index (κ3) is 2.40. The molecule has 0 bridgehead atoms. The van der Waals surface area contributed by atoms with Crippen LogP contribution >= 0.6 is 0 Å². The third-order valence-electron chi connectivity index (χ3n) is 2.62. The molecule has 1 aliphatic carbocycles. The Morgan fingerprint density at radius 2 is 2.27 bits per heavy atom. The second-order valence-corrected chi connectivity index (χ2v) is 6.00. The molecule has 84 valence electrons. The monoisotopic (exact) mass is 228 g/mol. The second-order valence-electron chi connectivity index (χ2n) is 4.06. The van der Waals surface area contributed by atoms with Gasteiger partial charge in [-0.25, -0.2) is 8.42 Å². The van der Waals surface area contributed by atoms with Crippen molar-refractivity contribution in [3.8, 4) is 0 Å². The molecule has 0 aromatic carbocycles. The van der Waals surface area contributed by atoms with Crippen molar-refractivity contribution in [3.63, 3.8) is 0 Å². The van der Waals surface area contributed by atoms with E-state index in [9.17, 15) is 8.42 Å². The summed E-state index contributed by atoms with van der Waals surface area (Å²) in [5.41, 5.74) is 0.926. The van der Waals surface area contributed by atoms with E-state index in [1.165, 1.54) is 0 Å². The molecule has 0 amide bonds. The van der Waals surface area contributed by atoms with Gasteiger partial charge in [-0.15, -0.1) is 0 Å². The van der Waals surface area contributed by atoms with Crippen LogP contribution < -0.4 is 0 Å². The predicted octanol–water partition coefficient (Wildman–Crippen LogP) is 1.74. The van der Waals surface area contributed by atoms with Crippen molar-refractivity contribution >= 4 is 10.0 Å². The average Bonchev–Trinajstić information content (AvgIpc) is 2.93. The van der Waals surface area contributed by atoms with E-state index >= 15 is 0 Å². The molecule has 5 heteroatoms. The molecule has 1 saturated carbocycles. The van der Waals surface area contributed by atoms with Gasteiger partial charge in [0.15, 0.2) is 0 Å². The van der Waals surface area contributed by atoms with Crippen LogP contribution in [0.15, 0.2) is 12.3 Å². The molecule has 1 aromatic heterocycles. The van der Waals surface area contributed by atoms with Crippen LogP contribution in [0.5, 0.6) is 0 Å². The zero-order valence-electron chi connectivity index (χ0n) is 8.89. The van der Waals surface area contributed by atoms with E-state index in [1.54, 1.807) is 6.20 Å². The highest BCUT2D eigenvalue weighted by atomic mass is 32.2. The molecule has 0 unspecified atom stereocenters. The van der Waals surface area contributed by atoms with Gasteiger partial charge in [-0.2, -0.15) is 9.19 Å². The number of hydrogen-bond donors (Lipinski definition) is 0. The number of hydrogen-bond acceptors (Lipinski definition) is 3. The summed E-state index contributed by atoms with van der Waals surface area (Å²) in [5.74, 6) is 0.697. The van der Waals surface area contributed by atoms with Crippen LogP contribution in [0.3, 0.4) is 0 Å². The lowest BCUT2D eigenvalue weighted by Gasteiger charge is -2.02. The Morgan fingerprint density at radius 1 is 1.53 bits per heavy atom.